The Bertz CT molecular complexity index is 828. The van der Waals surface area contributed by atoms with Gasteiger partial charge in [0.2, 0.25) is 0 Å². The van der Waals surface area contributed by atoms with Crippen LogP contribution in [0.2, 0.25) is 0 Å². The minimum absolute atomic E-state index is 0.249. The molecule has 2 aromatic carbocycles. The van der Waals surface area contributed by atoms with Crippen molar-refractivity contribution in [2.45, 2.75) is 26.2 Å². The van der Waals surface area contributed by atoms with Gasteiger partial charge in [0.25, 0.3) is 0 Å². The van der Waals surface area contributed by atoms with Gasteiger partial charge in [0.1, 0.15) is 0 Å². The van der Waals surface area contributed by atoms with E-state index in [9.17, 15) is 4.79 Å². The first-order valence-corrected chi connectivity index (χ1v) is 8.31. The molecule has 0 amide bonds. The maximum atomic E-state index is 11.9. The maximum absolute atomic E-state index is 11.9. The number of hydrogen-bond acceptors (Lipinski definition) is 3. The zero-order valence-corrected chi connectivity index (χ0v) is 13.9. The molecule has 3 aromatic rings. The highest BCUT2D eigenvalue weighted by molar-refractivity contribution is 5.89. The lowest BCUT2D eigenvalue weighted by atomic mass is 10.0. The minimum Gasteiger partial charge on any atom is -0.462 e. The maximum Gasteiger partial charge on any atom is 0.338 e. The third-order valence-corrected chi connectivity index (χ3v) is 4.01. The van der Waals surface area contributed by atoms with Crippen LogP contribution in [0.5, 0.6) is 0 Å². The summed E-state index contributed by atoms with van der Waals surface area (Å²) in [5.41, 5.74) is 4.00. The molecule has 24 heavy (non-hydrogen) atoms. The number of ether oxygens (including phenoxy) is 1. The van der Waals surface area contributed by atoms with Crippen LogP contribution in [0.3, 0.4) is 0 Å². The van der Waals surface area contributed by atoms with Crippen LogP contribution < -0.4 is 0 Å². The van der Waals surface area contributed by atoms with Gasteiger partial charge in [-0.2, -0.15) is 0 Å². The molecule has 0 radical (unpaired) electrons. The number of carbonyl (C=O) groups is 1. The smallest absolute Gasteiger partial charge is 0.338 e. The molecule has 0 aliphatic heterocycles. The van der Waals surface area contributed by atoms with Gasteiger partial charge in [0.05, 0.1) is 17.7 Å². The zero-order valence-electron chi connectivity index (χ0n) is 13.9. The lowest BCUT2D eigenvalue weighted by Gasteiger charge is -2.08. The Labute approximate surface area is 142 Å². The molecular weight excluding hydrogens is 298 g/mol. The first kappa shape index (κ1) is 16.2. The standard InChI is InChI=1S/C21H21NO2/c1-16-15-18(19-12-5-6-13-20(19)22-16)11-7-8-14-24-21(23)17-9-3-2-4-10-17/h2-6,9-10,12-13,15H,7-8,11,14H2,1H3. The van der Waals surface area contributed by atoms with Gasteiger partial charge >= 0.3 is 5.97 Å². The molecule has 122 valence electrons. The van der Waals surface area contributed by atoms with Crippen molar-refractivity contribution in [1.82, 2.24) is 4.98 Å². The Kier molecular flexibility index (Phi) is 5.22. The highest BCUT2D eigenvalue weighted by Crippen LogP contribution is 2.20. The molecule has 1 aromatic heterocycles. The van der Waals surface area contributed by atoms with Crippen LogP contribution in [0, 0.1) is 6.92 Å². The second kappa shape index (κ2) is 7.73. The van der Waals surface area contributed by atoms with Gasteiger partial charge in [-0.05, 0) is 56.0 Å². The van der Waals surface area contributed by atoms with Gasteiger partial charge in [-0.25, -0.2) is 4.79 Å². The first-order chi connectivity index (χ1) is 11.7. The molecule has 3 heteroatoms. The monoisotopic (exact) mass is 319 g/mol. The number of nitrogens with zero attached hydrogens (tertiary/aromatic N) is 1. The highest BCUT2D eigenvalue weighted by atomic mass is 16.5. The van der Waals surface area contributed by atoms with Gasteiger partial charge in [-0.1, -0.05) is 36.4 Å². The summed E-state index contributed by atoms with van der Waals surface area (Å²) in [7, 11) is 0. The molecule has 0 aliphatic rings. The molecule has 0 saturated carbocycles. The Balaban J connectivity index is 1.51. The fourth-order valence-electron chi connectivity index (χ4n) is 2.84. The van der Waals surface area contributed by atoms with Gasteiger partial charge in [-0.15, -0.1) is 0 Å². The molecule has 0 spiro atoms. The Morgan fingerprint density at radius 2 is 1.75 bits per heavy atom. The van der Waals surface area contributed by atoms with E-state index in [0.29, 0.717) is 12.2 Å². The number of benzene rings is 2. The van der Waals surface area contributed by atoms with Crippen LogP contribution in [0.15, 0.2) is 60.7 Å². The second-order valence-corrected chi connectivity index (χ2v) is 5.90. The first-order valence-electron chi connectivity index (χ1n) is 8.31. The summed E-state index contributed by atoms with van der Waals surface area (Å²) < 4.78 is 5.33. The second-order valence-electron chi connectivity index (χ2n) is 5.90. The quantitative estimate of drug-likeness (QED) is 0.487. The molecule has 1 heterocycles. The van der Waals surface area contributed by atoms with Gasteiger partial charge in [-0.3, -0.25) is 4.98 Å². The van der Waals surface area contributed by atoms with Crippen LogP contribution in [0.4, 0.5) is 0 Å². The summed E-state index contributed by atoms with van der Waals surface area (Å²) in [5, 5.41) is 1.21. The summed E-state index contributed by atoms with van der Waals surface area (Å²) in [5.74, 6) is -0.249. The van der Waals surface area contributed by atoms with Crippen LogP contribution in [-0.4, -0.2) is 17.6 Å². The van der Waals surface area contributed by atoms with Crippen molar-refractivity contribution in [3.63, 3.8) is 0 Å². The molecule has 0 bridgehead atoms. The van der Waals surface area contributed by atoms with Crippen molar-refractivity contribution >= 4 is 16.9 Å². The van der Waals surface area contributed by atoms with E-state index in [0.717, 1.165) is 30.5 Å². The van der Waals surface area contributed by atoms with Crippen molar-refractivity contribution in [3.8, 4) is 0 Å². The van der Waals surface area contributed by atoms with E-state index in [1.54, 1.807) is 12.1 Å². The van der Waals surface area contributed by atoms with Crippen LogP contribution in [-0.2, 0) is 11.2 Å². The van der Waals surface area contributed by atoms with Crippen molar-refractivity contribution in [2.24, 2.45) is 0 Å². The van der Waals surface area contributed by atoms with Gasteiger partial charge < -0.3 is 4.74 Å². The number of hydrogen-bond donors (Lipinski definition) is 0. The number of unbranched alkanes of at least 4 members (excludes halogenated alkanes) is 1. The van der Waals surface area contributed by atoms with Crippen LogP contribution >= 0.6 is 0 Å². The average Bonchev–Trinajstić information content (AvgIpc) is 2.61. The van der Waals surface area contributed by atoms with Crippen molar-refractivity contribution in [2.75, 3.05) is 6.61 Å². The zero-order chi connectivity index (χ0) is 16.8. The number of aryl methyl sites for hydroxylation is 2. The number of fused-ring (bicyclic) bond motifs is 1. The number of carbonyl (C=O) groups excluding carboxylic acids is 1. The van der Waals surface area contributed by atoms with Crippen molar-refractivity contribution in [1.29, 1.82) is 0 Å². The molecule has 0 fully saturated rings. The number of aromatic nitrogens is 1. The number of para-hydroxylation sites is 1. The molecular formula is C21H21NO2. The molecule has 0 unspecified atom stereocenters. The van der Waals surface area contributed by atoms with Crippen LogP contribution in [0.25, 0.3) is 10.9 Å². The molecule has 0 N–H and O–H groups in total. The largest absolute Gasteiger partial charge is 0.462 e. The Morgan fingerprint density at radius 3 is 2.58 bits per heavy atom. The van der Waals surface area contributed by atoms with Crippen LogP contribution in [0.1, 0.15) is 34.5 Å². The summed E-state index contributed by atoms with van der Waals surface area (Å²) in [4.78, 5) is 16.4. The van der Waals surface area contributed by atoms with Crippen molar-refractivity contribution < 1.29 is 9.53 Å². The average molecular weight is 319 g/mol. The van der Waals surface area contributed by atoms with E-state index in [1.165, 1.54) is 10.9 Å². The number of rotatable bonds is 6. The van der Waals surface area contributed by atoms with E-state index in [1.807, 2.05) is 43.3 Å². The van der Waals surface area contributed by atoms with E-state index in [2.05, 4.69) is 17.1 Å². The molecule has 0 atom stereocenters. The Morgan fingerprint density at radius 1 is 1.00 bits per heavy atom. The van der Waals surface area contributed by atoms with E-state index in [4.69, 9.17) is 4.74 Å². The van der Waals surface area contributed by atoms with Gasteiger partial charge in [0, 0.05) is 11.1 Å². The summed E-state index contributed by atoms with van der Waals surface area (Å²) in [6.45, 7) is 2.48. The SMILES string of the molecule is Cc1cc(CCCCOC(=O)c2ccccc2)c2ccccc2n1. The van der Waals surface area contributed by atoms with E-state index in [-0.39, 0.29) is 5.97 Å². The molecule has 3 rings (SSSR count). The fourth-order valence-corrected chi connectivity index (χ4v) is 2.84. The molecule has 3 nitrogen and oxygen atoms in total. The van der Waals surface area contributed by atoms with Crippen molar-refractivity contribution in [3.05, 3.63) is 77.5 Å². The fraction of sp³-hybridized carbons (Fsp3) is 0.238. The molecule has 0 saturated heterocycles. The topological polar surface area (TPSA) is 39.2 Å². The predicted molar refractivity (Wildman–Crippen MR) is 96.1 cm³/mol. The number of pyridine rings is 1. The van der Waals surface area contributed by atoms with Gasteiger partial charge in [0.15, 0.2) is 0 Å². The minimum atomic E-state index is -0.249. The predicted octanol–water partition coefficient (Wildman–Crippen LogP) is 4.72. The lowest BCUT2D eigenvalue weighted by molar-refractivity contribution is 0.0498. The summed E-state index contributed by atoms with van der Waals surface area (Å²) >= 11 is 0. The molecule has 0 aliphatic carbocycles. The summed E-state index contributed by atoms with van der Waals surface area (Å²) in [6, 6.07) is 19.5. The lowest BCUT2D eigenvalue weighted by Crippen LogP contribution is -2.06. The van der Waals surface area contributed by atoms with E-state index >= 15 is 0 Å². The number of esters is 1. The van der Waals surface area contributed by atoms with E-state index < -0.39 is 0 Å². The highest BCUT2D eigenvalue weighted by Gasteiger charge is 2.06. The summed E-state index contributed by atoms with van der Waals surface area (Å²) in [6.07, 6.45) is 2.80. The third kappa shape index (κ3) is 3.99. The normalized spacial score (nSPS) is 10.7. The Hall–Kier alpha value is -2.68. The third-order valence-electron chi connectivity index (χ3n) is 4.01.